The van der Waals surface area contributed by atoms with Gasteiger partial charge in [-0.15, -0.1) is 0 Å². The summed E-state index contributed by atoms with van der Waals surface area (Å²) >= 11 is 0. The van der Waals surface area contributed by atoms with Gasteiger partial charge in [-0.3, -0.25) is 14.4 Å². The molecular formula is C16H17NO5. The van der Waals surface area contributed by atoms with Crippen molar-refractivity contribution < 1.29 is 24.3 Å². The van der Waals surface area contributed by atoms with E-state index in [0.717, 1.165) is 5.56 Å². The molecule has 0 aromatic heterocycles. The number of nitrogens with zero attached hydrogens (tertiary/aromatic N) is 1. The van der Waals surface area contributed by atoms with Gasteiger partial charge in [0.05, 0.1) is 37.5 Å². The lowest BCUT2D eigenvalue weighted by atomic mass is 9.73. The van der Waals surface area contributed by atoms with Gasteiger partial charge >= 0.3 is 0 Å². The van der Waals surface area contributed by atoms with Crippen LogP contribution in [-0.2, 0) is 24.6 Å². The summed E-state index contributed by atoms with van der Waals surface area (Å²) in [6, 6.07) is 7.33. The lowest BCUT2D eigenvalue weighted by molar-refractivity contribution is -0.143. The SMILES string of the molecule is CON1C(=O)C2(C[C@H](O)C3COC2CC3=O)c2ccccc21. The number of rotatable bonds is 1. The van der Waals surface area contributed by atoms with E-state index in [1.54, 1.807) is 6.07 Å². The number of hydrogen-bond acceptors (Lipinski definition) is 5. The van der Waals surface area contributed by atoms with Crippen LogP contribution >= 0.6 is 0 Å². The predicted molar refractivity (Wildman–Crippen MR) is 76.1 cm³/mol. The molecule has 3 heterocycles. The molecule has 0 radical (unpaired) electrons. The lowest BCUT2D eigenvalue weighted by Crippen LogP contribution is -2.50. The summed E-state index contributed by atoms with van der Waals surface area (Å²) in [6.45, 7) is 0.175. The first kappa shape index (κ1) is 13.9. The van der Waals surface area contributed by atoms with Gasteiger partial charge in [0.15, 0.2) is 0 Å². The molecule has 3 fully saturated rings. The highest BCUT2D eigenvalue weighted by atomic mass is 16.7. The Morgan fingerprint density at radius 1 is 1.36 bits per heavy atom. The maximum atomic E-state index is 13.1. The van der Waals surface area contributed by atoms with E-state index >= 15 is 0 Å². The standard InChI is InChI=1S/C16H17NO5/c1-21-17-11-5-3-2-4-10(11)16(15(17)20)7-13(19)9-8-22-14(16)6-12(9)18/h2-5,9,13-14,19H,6-8H2,1H3/t9?,13-,14?,16?/m0/s1. The Labute approximate surface area is 127 Å². The maximum absolute atomic E-state index is 13.1. The van der Waals surface area contributed by atoms with Gasteiger partial charge in [0.25, 0.3) is 5.91 Å². The summed E-state index contributed by atoms with van der Waals surface area (Å²) in [7, 11) is 1.43. The number of Topliss-reactive ketones (excluding diaryl/α,β-unsaturated/α-hetero) is 1. The molecule has 6 nitrogen and oxygen atoms in total. The summed E-state index contributed by atoms with van der Waals surface area (Å²) in [5, 5.41) is 11.7. The highest BCUT2D eigenvalue weighted by Crippen LogP contribution is 2.52. The predicted octanol–water partition coefficient (Wildman–Crippen LogP) is 0.571. The number of anilines is 1. The number of aliphatic hydroxyl groups is 1. The fourth-order valence-electron chi connectivity index (χ4n) is 4.07. The van der Waals surface area contributed by atoms with E-state index in [4.69, 9.17) is 9.57 Å². The van der Waals surface area contributed by atoms with Crippen LogP contribution in [0.3, 0.4) is 0 Å². The number of fused-ring (bicyclic) bond motifs is 4. The van der Waals surface area contributed by atoms with Crippen molar-refractivity contribution in [3.63, 3.8) is 0 Å². The second kappa shape index (κ2) is 4.62. The van der Waals surface area contributed by atoms with Crippen molar-refractivity contribution in [2.45, 2.75) is 30.5 Å². The molecule has 2 bridgehead atoms. The molecule has 4 atom stereocenters. The second-order valence-corrected chi connectivity index (χ2v) is 6.14. The molecule has 1 aromatic carbocycles. The van der Waals surface area contributed by atoms with Crippen molar-refractivity contribution in [2.24, 2.45) is 5.92 Å². The molecule has 3 unspecified atom stereocenters. The smallest absolute Gasteiger partial charge is 0.264 e. The topological polar surface area (TPSA) is 76.1 Å². The van der Waals surface area contributed by atoms with Gasteiger partial charge in [-0.1, -0.05) is 18.2 Å². The average molecular weight is 303 g/mol. The van der Waals surface area contributed by atoms with E-state index in [-0.39, 0.29) is 31.1 Å². The first-order valence-corrected chi connectivity index (χ1v) is 7.40. The van der Waals surface area contributed by atoms with Crippen molar-refractivity contribution in [3.05, 3.63) is 29.8 Å². The lowest BCUT2D eigenvalue weighted by Gasteiger charge is -2.34. The van der Waals surface area contributed by atoms with Gasteiger partial charge in [-0.2, -0.15) is 5.06 Å². The number of amides is 1. The summed E-state index contributed by atoms with van der Waals surface area (Å²) in [4.78, 5) is 30.5. The minimum Gasteiger partial charge on any atom is -0.392 e. The van der Waals surface area contributed by atoms with Gasteiger partial charge < -0.3 is 9.84 Å². The summed E-state index contributed by atoms with van der Waals surface area (Å²) in [5.41, 5.74) is 0.372. The Kier molecular flexibility index (Phi) is 2.91. The van der Waals surface area contributed by atoms with E-state index in [2.05, 4.69) is 0 Å². The van der Waals surface area contributed by atoms with Gasteiger partial charge in [0.2, 0.25) is 0 Å². The molecule has 1 aromatic rings. The van der Waals surface area contributed by atoms with Crippen LogP contribution < -0.4 is 5.06 Å². The van der Waals surface area contributed by atoms with E-state index < -0.39 is 23.5 Å². The van der Waals surface area contributed by atoms with Crippen LogP contribution in [0.15, 0.2) is 24.3 Å². The van der Waals surface area contributed by atoms with Crippen LogP contribution in [0.1, 0.15) is 18.4 Å². The second-order valence-electron chi connectivity index (χ2n) is 6.14. The van der Waals surface area contributed by atoms with Gasteiger partial charge in [0.1, 0.15) is 11.2 Å². The van der Waals surface area contributed by atoms with Crippen molar-refractivity contribution in [2.75, 3.05) is 18.8 Å². The molecule has 4 aliphatic rings. The van der Waals surface area contributed by atoms with Crippen molar-refractivity contribution >= 4 is 17.4 Å². The number of hydrogen-bond donors (Lipinski definition) is 1. The highest BCUT2D eigenvalue weighted by Gasteiger charge is 2.62. The molecule has 1 spiro atoms. The molecule has 2 saturated heterocycles. The zero-order valence-corrected chi connectivity index (χ0v) is 12.2. The summed E-state index contributed by atoms with van der Waals surface area (Å²) in [5.74, 6) is -0.829. The summed E-state index contributed by atoms with van der Waals surface area (Å²) < 4.78 is 5.82. The number of aliphatic hydroxyl groups excluding tert-OH is 1. The molecule has 5 rings (SSSR count). The number of ether oxygens (including phenoxy) is 1. The third-order valence-electron chi connectivity index (χ3n) is 5.17. The van der Waals surface area contributed by atoms with Gasteiger partial charge in [-0.25, -0.2) is 0 Å². The number of ketones is 1. The van der Waals surface area contributed by atoms with E-state index in [0.29, 0.717) is 5.69 Å². The fraction of sp³-hybridized carbons (Fsp3) is 0.500. The first-order valence-electron chi connectivity index (χ1n) is 7.40. The van der Waals surface area contributed by atoms with E-state index in [9.17, 15) is 14.7 Å². The van der Waals surface area contributed by atoms with Gasteiger partial charge in [0, 0.05) is 6.42 Å². The van der Waals surface area contributed by atoms with Crippen LogP contribution in [0.25, 0.3) is 0 Å². The molecule has 6 heteroatoms. The number of hydroxylamine groups is 1. The molecule has 1 aliphatic carbocycles. The Morgan fingerprint density at radius 2 is 2.14 bits per heavy atom. The van der Waals surface area contributed by atoms with Gasteiger partial charge in [-0.05, 0) is 18.1 Å². The summed E-state index contributed by atoms with van der Waals surface area (Å²) in [6.07, 6.45) is -1.10. The Hall–Kier alpha value is -1.76. The fourth-order valence-corrected chi connectivity index (χ4v) is 4.07. The molecule has 1 N–H and O–H groups in total. The zero-order chi connectivity index (χ0) is 15.5. The van der Waals surface area contributed by atoms with Crippen LogP contribution in [0, 0.1) is 5.92 Å². The normalized spacial score (nSPS) is 36.8. The van der Waals surface area contributed by atoms with Crippen molar-refractivity contribution in [3.8, 4) is 0 Å². The third-order valence-corrected chi connectivity index (χ3v) is 5.17. The number of carbonyl (C=O) groups is 2. The first-order chi connectivity index (χ1) is 10.6. The molecular weight excluding hydrogens is 286 g/mol. The van der Waals surface area contributed by atoms with Crippen LogP contribution in [0.2, 0.25) is 0 Å². The number of benzene rings is 1. The van der Waals surface area contributed by atoms with Crippen LogP contribution in [0.5, 0.6) is 0 Å². The quantitative estimate of drug-likeness (QED) is 0.821. The minimum absolute atomic E-state index is 0.0261. The molecule has 1 saturated carbocycles. The number of carbonyl (C=O) groups excluding carboxylic acids is 2. The number of para-hydroxylation sites is 1. The van der Waals surface area contributed by atoms with Crippen molar-refractivity contribution in [1.82, 2.24) is 0 Å². The maximum Gasteiger partial charge on any atom is 0.264 e. The Morgan fingerprint density at radius 3 is 2.86 bits per heavy atom. The molecule has 22 heavy (non-hydrogen) atoms. The monoisotopic (exact) mass is 303 g/mol. The third kappa shape index (κ3) is 1.54. The van der Waals surface area contributed by atoms with Crippen molar-refractivity contribution in [1.29, 1.82) is 0 Å². The Balaban J connectivity index is 1.93. The highest BCUT2D eigenvalue weighted by molar-refractivity contribution is 6.08. The van der Waals surface area contributed by atoms with Crippen LogP contribution in [0.4, 0.5) is 5.69 Å². The molecule has 3 aliphatic heterocycles. The van der Waals surface area contributed by atoms with E-state index in [1.165, 1.54) is 12.2 Å². The van der Waals surface area contributed by atoms with Crippen LogP contribution in [-0.4, -0.2) is 42.7 Å². The minimum atomic E-state index is -1.05. The molecule has 1 amide bonds. The molecule has 116 valence electrons. The zero-order valence-electron chi connectivity index (χ0n) is 12.2. The largest absolute Gasteiger partial charge is 0.392 e. The van der Waals surface area contributed by atoms with E-state index in [1.807, 2.05) is 18.2 Å². The average Bonchev–Trinajstić information content (AvgIpc) is 2.60. The Bertz CT molecular complexity index is 660.